The maximum absolute atomic E-state index is 12.9. The summed E-state index contributed by atoms with van der Waals surface area (Å²) in [6.45, 7) is 0. The van der Waals surface area contributed by atoms with E-state index >= 15 is 0 Å². The molecule has 5 nitrogen and oxygen atoms in total. The number of hydrogen-bond donors (Lipinski definition) is 0. The van der Waals surface area contributed by atoms with Gasteiger partial charge in [0.15, 0.2) is 15.6 Å². The number of halogens is 5. The first kappa shape index (κ1) is 21.4. The van der Waals surface area contributed by atoms with Crippen LogP contribution in [0.15, 0.2) is 59.8 Å². The fourth-order valence-corrected chi connectivity index (χ4v) is 4.31. The fraction of sp³-hybridized carbons (Fsp3) is 0.111. The summed E-state index contributed by atoms with van der Waals surface area (Å²) >= 11 is 11.9. The minimum atomic E-state index is -4.56. The Morgan fingerprint density at radius 3 is 2.41 bits per heavy atom. The van der Waals surface area contributed by atoms with Crippen molar-refractivity contribution in [1.82, 2.24) is 9.55 Å². The van der Waals surface area contributed by atoms with Crippen molar-refractivity contribution >= 4 is 38.8 Å². The fourth-order valence-electron chi connectivity index (χ4n) is 2.52. The van der Waals surface area contributed by atoms with Gasteiger partial charge in [0.1, 0.15) is 22.9 Å². The number of rotatable bonds is 5. The predicted octanol–water partition coefficient (Wildman–Crippen LogP) is 4.85. The molecule has 152 valence electrons. The number of alkyl halides is 3. The van der Waals surface area contributed by atoms with Gasteiger partial charge in [0.05, 0.1) is 10.5 Å². The zero-order valence-corrected chi connectivity index (χ0v) is 16.6. The molecule has 0 saturated heterocycles. The van der Waals surface area contributed by atoms with Crippen LogP contribution in [0, 0.1) is 0 Å². The summed E-state index contributed by atoms with van der Waals surface area (Å²) in [5.41, 5.74) is -1.25. The van der Waals surface area contributed by atoms with E-state index in [1.54, 1.807) is 0 Å². The minimum Gasteiger partial charge on any atom is -0.291 e. The molecule has 0 radical (unpaired) electrons. The Morgan fingerprint density at radius 2 is 1.76 bits per heavy atom. The van der Waals surface area contributed by atoms with Gasteiger partial charge in [-0.15, -0.1) is 0 Å². The third kappa shape index (κ3) is 4.63. The van der Waals surface area contributed by atoms with Gasteiger partial charge in [0.25, 0.3) is 0 Å². The van der Waals surface area contributed by atoms with Crippen LogP contribution in [0.4, 0.5) is 13.2 Å². The molecule has 0 aliphatic carbocycles. The number of hydrogen-bond acceptors (Lipinski definition) is 4. The van der Waals surface area contributed by atoms with E-state index in [0.29, 0.717) is 0 Å². The summed E-state index contributed by atoms with van der Waals surface area (Å²) in [5.74, 6) is -1.83. The highest BCUT2D eigenvalue weighted by Gasteiger charge is 2.31. The average molecular weight is 463 g/mol. The monoisotopic (exact) mass is 462 g/mol. The van der Waals surface area contributed by atoms with Crippen LogP contribution in [0.2, 0.25) is 10.2 Å². The Bertz CT molecular complexity index is 1190. The standard InChI is InChI=1S/C18H11Cl2F3N2O3S/c19-12-4-2-6-14(8-12)29(27,28)9-15(26)16-17(20)25(10-24-16)13-5-1-3-11(7-13)18(21,22)23/h1-8,10H,9H2. The molecule has 0 aliphatic rings. The molecule has 0 fully saturated rings. The van der Waals surface area contributed by atoms with Gasteiger partial charge in [-0.3, -0.25) is 9.36 Å². The molecule has 3 aromatic rings. The Hall–Kier alpha value is -2.36. The average Bonchev–Trinajstić information content (AvgIpc) is 3.02. The first-order valence-electron chi connectivity index (χ1n) is 7.91. The van der Waals surface area contributed by atoms with E-state index in [1.165, 1.54) is 36.4 Å². The normalized spacial score (nSPS) is 12.2. The Morgan fingerprint density at radius 1 is 1.07 bits per heavy atom. The number of carbonyl (C=O) groups is 1. The van der Waals surface area contributed by atoms with Crippen LogP contribution in [0.5, 0.6) is 0 Å². The van der Waals surface area contributed by atoms with Gasteiger partial charge in [-0.1, -0.05) is 35.3 Å². The highest BCUT2D eigenvalue weighted by Crippen LogP contribution is 2.31. The van der Waals surface area contributed by atoms with Crippen LogP contribution in [0.3, 0.4) is 0 Å². The van der Waals surface area contributed by atoms with Crippen molar-refractivity contribution in [1.29, 1.82) is 0 Å². The molecule has 0 unspecified atom stereocenters. The zero-order chi connectivity index (χ0) is 21.4. The second-order valence-corrected chi connectivity index (χ2v) is 8.73. The lowest BCUT2D eigenvalue weighted by molar-refractivity contribution is -0.137. The number of aromatic nitrogens is 2. The summed E-state index contributed by atoms with van der Waals surface area (Å²) in [7, 11) is -4.02. The van der Waals surface area contributed by atoms with Gasteiger partial charge in [-0.2, -0.15) is 13.2 Å². The molecule has 0 amide bonds. The van der Waals surface area contributed by atoms with E-state index < -0.39 is 33.1 Å². The van der Waals surface area contributed by atoms with E-state index in [4.69, 9.17) is 23.2 Å². The van der Waals surface area contributed by atoms with Crippen LogP contribution >= 0.6 is 23.2 Å². The largest absolute Gasteiger partial charge is 0.416 e. The van der Waals surface area contributed by atoms with Gasteiger partial charge in [0.2, 0.25) is 0 Å². The topological polar surface area (TPSA) is 69.0 Å². The highest BCUT2D eigenvalue weighted by molar-refractivity contribution is 7.92. The second-order valence-electron chi connectivity index (χ2n) is 5.94. The molecule has 2 aromatic carbocycles. The van der Waals surface area contributed by atoms with Crippen molar-refractivity contribution in [3.8, 4) is 5.69 Å². The van der Waals surface area contributed by atoms with Crippen LogP contribution in [0.25, 0.3) is 5.69 Å². The lowest BCUT2D eigenvalue weighted by atomic mass is 10.2. The lowest BCUT2D eigenvalue weighted by Gasteiger charge is -2.10. The first-order chi connectivity index (χ1) is 13.5. The van der Waals surface area contributed by atoms with Crippen LogP contribution < -0.4 is 0 Å². The van der Waals surface area contributed by atoms with Crippen molar-refractivity contribution in [3.63, 3.8) is 0 Å². The van der Waals surface area contributed by atoms with Crippen molar-refractivity contribution < 1.29 is 26.4 Å². The van der Waals surface area contributed by atoms with E-state index in [1.807, 2.05) is 0 Å². The molecular formula is C18H11Cl2F3N2O3S. The molecule has 3 rings (SSSR count). The molecule has 0 aliphatic heterocycles. The van der Waals surface area contributed by atoms with Crippen LogP contribution in [-0.4, -0.2) is 29.5 Å². The van der Waals surface area contributed by atoms with Crippen molar-refractivity contribution in [2.24, 2.45) is 0 Å². The maximum Gasteiger partial charge on any atom is 0.416 e. The molecule has 0 atom stereocenters. The van der Waals surface area contributed by atoms with Crippen molar-refractivity contribution in [3.05, 3.63) is 76.3 Å². The first-order valence-corrected chi connectivity index (χ1v) is 10.3. The number of Topliss-reactive ketones (excluding diaryl/α,β-unsaturated/α-hetero) is 1. The maximum atomic E-state index is 12.9. The van der Waals surface area contributed by atoms with E-state index in [9.17, 15) is 26.4 Å². The van der Waals surface area contributed by atoms with Crippen molar-refractivity contribution in [2.75, 3.05) is 5.75 Å². The third-order valence-electron chi connectivity index (χ3n) is 3.90. The van der Waals surface area contributed by atoms with Gasteiger partial charge in [0, 0.05) is 10.7 Å². The SMILES string of the molecule is O=C(CS(=O)(=O)c1cccc(Cl)c1)c1ncn(-c2cccc(C(F)(F)F)c2)c1Cl. The Balaban J connectivity index is 1.91. The summed E-state index contributed by atoms with van der Waals surface area (Å²) in [6, 6.07) is 9.65. The quantitative estimate of drug-likeness (QED) is 0.508. The molecule has 0 spiro atoms. The molecule has 0 saturated carbocycles. The second kappa shape index (κ2) is 7.81. The van der Waals surface area contributed by atoms with Crippen molar-refractivity contribution in [2.45, 2.75) is 11.1 Å². The van der Waals surface area contributed by atoms with E-state index in [0.717, 1.165) is 23.0 Å². The Kier molecular flexibility index (Phi) is 5.75. The van der Waals surface area contributed by atoms with Gasteiger partial charge >= 0.3 is 6.18 Å². The number of benzene rings is 2. The number of carbonyl (C=O) groups excluding carboxylic acids is 1. The van der Waals surface area contributed by atoms with Gasteiger partial charge in [-0.25, -0.2) is 13.4 Å². The Labute approximate surface area is 173 Å². The summed E-state index contributed by atoms with van der Waals surface area (Å²) in [6.07, 6.45) is -3.51. The van der Waals surface area contributed by atoms with Gasteiger partial charge in [-0.05, 0) is 36.4 Å². The predicted molar refractivity (Wildman–Crippen MR) is 101 cm³/mol. The number of sulfone groups is 1. The van der Waals surface area contributed by atoms with Crippen LogP contribution in [-0.2, 0) is 16.0 Å². The van der Waals surface area contributed by atoms with Crippen LogP contribution in [0.1, 0.15) is 16.1 Å². The summed E-state index contributed by atoms with van der Waals surface area (Å²) < 4.78 is 64.6. The van der Waals surface area contributed by atoms with E-state index in [2.05, 4.69) is 4.98 Å². The zero-order valence-electron chi connectivity index (χ0n) is 14.3. The summed E-state index contributed by atoms with van der Waals surface area (Å²) in [5, 5.41) is -0.110. The number of nitrogens with zero attached hydrogens (tertiary/aromatic N) is 2. The molecule has 1 aromatic heterocycles. The third-order valence-corrected chi connectivity index (χ3v) is 6.11. The molecule has 0 N–H and O–H groups in total. The minimum absolute atomic E-state index is 0.0223. The smallest absolute Gasteiger partial charge is 0.291 e. The molecule has 29 heavy (non-hydrogen) atoms. The van der Waals surface area contributed by atoms with E-state index in [-0.39, 0.29) is 26.5 Å². The highest BCUT2D eigenvalue weighted by atomic mass is 35.5. The molecule has 11 heteroatoms. The van der Waals surface area contributed by atoms with Gasteiger partial charge < -0.3 is 0 Å². The molecular weight excluding hydrogens is 452 g/mol. The number of ketones is 1. The number of imidazole rings is 1. The summed E-state index contributed by atoms with van der Waals surface area (Å²) in [4.78, 5) is 16.1. The lowest BCUT2D eigenvalue weighted by Crippen LogP contribution is -2.17. The molecule has 0 bridgehead atoms. The molecule has 1 heterocycles.